The van der Waals surface area contributed by atoms with Gasteiger partial charge < -0.3 is 5.73 Å². The Morgan fingerprint density at radius 3 is 2.40 bits per heavy atom. The molecule has 0 saturated carbocycles. The molecular weight excluding hydrogens is 270 g/mol. The summed E-state index contributed by atoms with van der Waals surface area (Å²) < 4.78 is 0. The van der Waals surface area contributed by atoms with Crippen molar-refractivity contribution < 1.29 is 0 Å². The molecule has 3 aromatic rings. The van der Waals surface area contributed by atoms with Crippen LogP contribution in [0.4, 0.5) is 0 Å². The second kappa shape index (κ2) is 5.44. The summed E-state index contributed by atoms with van der Waals surface area (Å²) >= 11 is 1.60. The van der Waals surface area contributed by atoms with Crippen LogP contribution in [0, 0.1) is 0 Å². The van der Waals surface area contributed by atoms with E-state index in [1.807, 2.05) is 19.1 Å². The lowest BCUT2D eigenvalue weighted by molar-refractivity contribution is 0.837. The lowest BCUT2D eigenvalue weighted by atomic mass is 10.1. The monoisotopic (exact) mass is 283 g/mol. The molecule has 0 aromatic carbocycles. The summed E-state index contributed by atoms with van der Waals surface area (Å²) in [6, 6.07) is 3.79. The summed E-state index contributed by atoms with van der Waals surface area (Å²) in [4.78, 5) is 17.9. The van der Waals surface area contributed by atoms with Gasteiger partial charge in [0, 0.05) is 46.8 Å². The molecule has 0 aliphatic rings. The summed E-state index contributed by atoms with van der Waals surface area (Å²) in [6.45, 7) is 1.96. The average molecular weight is 283 g/mol. The molecule has 5 nitrogen and oxygen atoms in total. The van der Waals surface area contributed by atoms with Crippen molar-refractivity contribution in [3.8, 4) is 21.8 Å². The highest BCUT2D eigenvalue weighted by Crippen LogP contribution is 2.35. The largest absolute Gasteiger partial charge is 0.323 e. The van der Waals surface area contributed by atoms with Crippen molar-refractivity contribution in [1.82, 2.24) is 19.9 Å². The van der Waals surface area contributed by atoms with Gasteiger partial charge >= 0.3 is 0 Å². The smallest absolute Gasteiger partial charge is 0.124 e. The van der Waals surface area contributed by atoms with Gasteiger partial charge in [-0.3, -0.25) is 4.98 Å². The molecule has 1 atom stereocenters. The van der Waals surface area contributed by atoms with E-state index in [9.17, 15) is 0 Å². The van der Waals surface area contributed by atoms with Crippen LogP contribution < -0.4 is 5.73 Å². The Balaban J connectivity index is 2.13. The highest BCUT2D eigenvalue weighted by Gasteiger charge is 2.17. The minimum atomic E-state index is -0.0849. The van der Waals surface area contributed by atoms with E-state index in [1.165, 1.54) is 6.33 Å². The van der Waals surface area contributed by atoms with Gasteiger partial charge in [-0.2, -0.15) is 0 Å². The summed E-state index contributed by atoms with van der Waals surface area (Å²) in [5, 5.41) is 0.929. The predicted octanol–water partition coefficient (Wildman–Crippen LogP) is 2.68. The number of rotatable bonds is 3. The van der Waals surface area contributed by atoms with Gasteiger partial charge in [-0.05, 0) is 19.1 Å². The molecule has 0 bridgehead atoms. The third-order valence-electron chi connectivity index (χ3n) is 2.83. The summed E-state index contributed by atoms with van der Waals surface area (Å²) in [5.41, 5.74) is 8.84. The molecule has 0 spiro atoms. The van der Waals surface area contributed by atoms with E-state index in [0.29, 0.717) is 0 Å². The molecule has 1 unspecified atom stereocenters. The molecule has 0 aliphatic heterocycles. The molecule has 100 valence electrons. The van der Waals surface area contributed by atoms with Crippen LogP contribution in [0.15, 0.2) is 43.2 Å². The van der Waals surface area contributed by atoms with Gasteiger partial charge in [0.2, 0.25) is 0 Å². The van der Waals surface area contributed by atoms with Gasteiger partial charge in [-0.1, -0.05) is 0 Å². The van der Waals surface area contributed by atoms with Gasteiger partial charge in [0.25, 0.3) is 0 Å². The zero-order chi connectivity index (χ0) is 13.9. The molecule has 6 heteroatoms. The molecule has 0 fully saturated rings. The van der Waals surface area contributed by atoms with Gasteiger partial charge in [0.15, 0.2) is 0 Å². The van der Waals surface area contributed by atoms with E-state index < -0.39 is 0 Å². The molecular formula is C14H13N5S. The Hall–Kier alpha value is -2.18. The Bertz CT molecular complexity index is 694. The zero-order valence-electron chi connectivity index (χ0n) is 10.9. The lowest BCUT2D eigenvalue weighted by Crippen LogP contribution is -2.04. The fraction of sp³-hybridized carbons (Fsp3) is 0.143. The summed E-state index contributed by atoms with van der Waals surface area (Å²) in [6.07, 6.45) is 8.53. The molecule has 2 N–H and O–H groups in total. The second-order valence-corrected chi connectivity index (χ2v) is 5.41. The van der Waals surface area contributed by atoms with Crippen molar-refractivity contribution in [3.05, 3.63) is 48.1 Å². The Labute approximate surface area is 120 Å². The zero-order valence-corrected chi connectivity index (χ0v) is 11.7. The standard InChI is InChI=1S/C14H13N5S/c1-9(15)13-12(11-6-17-8-18-7-11)19-14(20-13)10-2-4-16-5-3-10/h2-9H,15H2,1H3. The number of nitrogens with two attached hydrogens (primary N) is 1. The lowest BCUT2D eigenvalue weighted by Gasteiger charge is -2.04. The van der Waals surface area contributed by atoms with Crippen molar-refractivity contribution in [2.45, 2.75) is 13.0 Å². The Kier molecular flexibility index (Phi) is 3.49. The maximum Gasteiger partial charge on any atom is 0.124 e. The third kappa shape index (κ3) is 2.43. The van der Waals surface area contributed by atoms with E-state index in [0.717, 1.165) is 26.7 Å². The van der Waals surface area contributed by atoms with Gasteiger partial charge in [0.05, 0.1) is 5.69 Å². The second-order valence-electron chi connectivity index (χ2n) is 4.38. The van der Waals surface area contributed by atoms with Crippen LogP contribution in [-0.4, -0.2) is 19.9 Å². The summed E-state index contributed by atoms with van der Waals surface area (Å²) in [5.74, 6) is 0. The SMILES string of the molecule is CC(N)c1sc(-c2ccncc2)nc1-c1cncnc1. The van der Waals surface area contributed by atoms with Crippen LogP contribution in [0.5, 0.6) is 0 Å². The van der Waals surface area contributed by atoms with Crippen molar-refractivity contribution in [2.24, 2.45) is 5.73 Å². The minimum Gasteiger partial charge on any atom is -0.323 e. The molecule has 3 rings (SSSR count). The van der Waals surface area contributed by atoms with Crippen LogP contribution >= 0.6 is 11.3 Å². The molecule has 0 saturated heterocycles. The maximum absolute atomic E-state index is 6.06. The third-order valence-corrected chi connectivity index (χ3v) is 4.13. The highest BCUT2D eigenvalue weighted by atomic mass is 32.1. The van der Waals surface area contributed by atoms with Crippen molar-refractivity contribution >= 4 is 11.3 Å². The van der Waals surface area contributed by atoms with Gasteiger partial charge in [0.1, 0.15) is 11.3 Å². The van der Waals surface area contributed by atoms with Crippen molar-refractivity contribution in [2.75, 3.05) is 0 Å². The molecule has 3 heterocycles. The molecule has 0 amide bonds. The number of nitrogens with zero attached hydrogens (tertiary/aromatic N) is 4. The van der Waals surface area contributed by atoms with E-state index in [1.54, 1.807) is 36.1 Å². The van der Waals surface area contributed by atoms with Crippen LogP contribution in [0.2, 0.25) is 0 Å². The van der Waals surface area contributed by atoms with Crippen LogP contribution in [-0.2, 0) is 0 Å². The molecule has 20 heavy (non-hydrogen) atoms. The first-order valence-corrected chi connectivity index (χ1v) is 6.99. The maximum atomic E-state index is 6.06. The highest BCUT2D eigenvalue weighted by molar-refractivity contribution is 7.15. The van der Waals surface area contributed by atoms with E-state index in [2.05, 4.69) is 15.0 Å². The Morgan fingerprint density at radius 2 is 1.75 bits per heavy atom. The first-order valence-electron chi connectivity index (χ1n) is 6.18. The fourth-order valence-corrected chi connectivity index (χ4v) is 2.93. The number of hydrogen-bond donors (Lipinski definition) is 1. The van der Waals surface area contributed by atoms with E-state index in [4.69, 9.17) is 10.7 Å². The quantitative estimate of drug-likeness (QED) is 0.799. The van der Waals surface area contributed by atoms with Gasteiger partial charge in [-0.15, -0.1) is 11.3 Å². The predicted molar refractivity (Wildman–Crippen MR) is 79.0 cm³/mol. The van der Waals surface area contributed by atoms with E-state index >= 15 is 0 Å². The summed E-state index contributed by atoms with van der Waals surface area (Å²) in [7, 11) is 0. The van der Waals surface area contributed by atoms with E-state index in [-0.39, 0.29) is 6.04 Å². The van der Waals surface area contributed by atoms with Crippen molar-refractivity contribution in [3.63, 3.8) is 0 Å². The van der Waals surface area contributed by atoms with Gasteiger partial charge in [-0.25, -0.2) is 15.0 Å². The number of aromatic nitrogens is 4. The Morgan fingerprint density at radius 1 is 1.05 bits per heavy atom. The topological polar surface area (TPSA) is 77.6 Å². The number of pyridine rings is 1. The minimum absolute atomic E-state index is 0.0849. The first-order chi connectivity index (χ1) is 9.75. The number of hydrogen-bond acceptors (Lipinski definition) is 6. The molecule has 0 radical (unpaired) electrons. The molecule has 0 aliphatic carbocycles. The first kappa shape index (κ1) is 12.8. The van der Waals surface area contributed by atoms with Crippen molar-refractivity contribution in [1.29, 1.82) is 0 Å². The normalized spacial score (nSPS) is 12.3. The molecule has 3 aromatic heterocycles. The fourth-order valence-electron chi connectivity index (χ4n) is 1.89. The average Bonchev–Trinajstić information content (AvgIpc) is 2.94. The number of thiazole rings is 1. The van der Waals surface area contributed by atoms with Crippen LogP contribution in [0.25, 0.3) is 21.8 Å². The van der Waals surface area contributed by atoms with Crippen LogP contribution in [0.1, 0.15) is 17.8 Å². The van der Waals surface area contributed by atoms with Crippen LogP contribution in [0.3, 0.4) is 0 Å².